The number of ether oxygens (including phenoxy) is 1. The number of carbonyl (C=O) groups is 1. The molecule has 0 bridgehead atoms. The minimum Gasteiger partial charge on any atom is -0.381 e. The van der Waals surface area contributed by atoms with E-state index in [9.17, 15) is 9.18 Å². The Morgan fingerprint density at radius 3 is 2.52 bits per heavy atom. The lowest BCUT2D eigenvalue weighted by Crippen LogP contribution is -2.50. The molecule has 0 saturated carbocycles. The highest BCUT2D eigenvalue weighted by Gasteiger charge is 2.43. The number of hydrogen-bond acceptors (Lipinski definition) is 3. The fourth-order valence-electron chi connectivity index (χ4n) is 5.48. The quantitative estimate of drug-likeness (QED) is 0.541. The van der Waals surface area contributed by atoms with E-state index in [4.69, 9.17) is 4.74 Å². The molecule has 0 spiro atoms. The molecule has 2 fully saturated rings. The number of carbonyl (C=O) groups excluding carboxylic acids is 1. The van der Waals surface area contributed by atoms with Gasteiger partial charge in [-0.15, -0.1) is 0 Å². The van der Waals surface area contributed by atoms with Crippen molar-refractivity contribution in [3.8, 4) is 0 Å². The molecule has 2 aliphatic rings. The van der Waals surface area contributed by atoms with Crippen LogP contribution in [0.15, 0.2) is 60.8 Å². The zero-order valence-corrected chi connectivity index (χ0v) is 19.0. The van der Waals surface area contributed by atoms with E-state index in [1.807, 2.05) is 24.4 Å². The molecular formula is C28H31FN2O2. The molecule has 172 valence electrons. The molecule has 0 N–H and O–H groups in total. The van der Waals surface area contributed by atoms with Crippen LogP contribution in [0.5, 0.6) is 0 Å². The first kappa shape index (κ1) is 22.0. The van der Waals surface area contributed by atoms with Crippen LogP contribution >= 0.6 is 0 Å². The molecule has 2 aromatic carbocycles. The van der Waals surface area contributed by atoms with Gasteiger partial charge in [-0.3, -0.25) is 9.78 Å². The topological polar surface area (TPSA) is 42.4 Å². The van der Waals surface area contributed by atoms with Crippen LogP contribution in [0.2, 0.25) is 0 Å². The maximum atomic E-state index is 13.7. The van der Waals surface area contributed by atoms with Crippen molar-refractivity contribution in [1.29, 1.82) is 0 Å². The second-order valence-corrected chi connectivity index (χ2v) is 9.67. The lowest BCUT2D eigenvalue weighted by molar-refractivity contribution is -0.149. The molecule has 0 unspecified atom stereocenters. The van der Waals surface area contributed by atoms with E-state index in [1.54, 1.807) is 0 Å². The number of amides is 1. The largest absolute Gasteiger partial charge is 0.381 e. The van der Waals surface area contributed by atoms with Crippen molar-refractivity contribution in [3.05, 3.63) is 77.7 Å². The molecule has 3 heterocycles. The zero-order valence-electron chi connectivity index (χ0n) is 19.0. The Bertz CT molecular complexity index is 1100. The molecule has 0 atom stereocenters. The molecular weight excluding hydrogens is 415 g/mol. The smallest absolute Gasteiger partial charge is 0.229 e. The van der Waals surface area contributed by atoms with Crippen LogP contribution in [0.25, 0.3) is 10.9 Å². The molecule has 5 rings (SSSR count). The normalized spacial score (nSPS) is 19.0. The highest BCUT2D eigenvalue weighted by Crippen LogP contribution is 2.38. The van der Waals surface area contributed by atoms with Crippen LogP contribution in [0.1, 0.15) is 36.8 Å². The summed E-state index contributed by atoms with van der Waals surface area (Å²) < 4.78 is 19.0. The number of piperidine rings is 1. The molecule has 2 aliphatic heterocycles. The molecule has 0 radical (unpaired) electrons. The molecule has 1 aromatic heterocycles. The van der Waals surface area contributed by atoms with Gasteiger partial charge in [0.15, 0.2) is 0 Å². The highest BCUT2D eigenvalue weighted by molar-refractivity contribution is 5.83. The Hall–Kier alpha value is -2.79. The second-order valence-electron chi connectivity index (χ2n) is 9.67. The molecule has 1 amide bonds. The van der Waals surface area contributed by atoms with E-state index in [1.165, 1.54) is 23.1 Å². The van der Waals surface area contributed by atoms with Gasteiger partial charge in [0.25, 0.3) is 0 Å². The predicted molar refractivity (Wildman–Crippen MR) is 127 cm³/mol. The van der Waals surface area contributed by atoms with E-state index < -0.39 is 5.41 Å². The van der Waals surface area contributed by atoms with Crippen LogP contribution in [0, 0.1) is 17.2 Å². The lowest BCUT2D eigenvalue weighted by atomic mass is 9.73. The monoisotopic (exact) mass is 446 g/mol. The standard InChI is InChI=1S/C28H31FN2O2/c29-25-6-3-22(4-7-25)20-28(11-16-33-17-12-28)27(32)31-14-9-21(10-15-31)18-23-5-8-26-24(19-23)2-1-13-30-26/h1-8,13,19,21H,9-12,14-18,20H2. The average Bonchev–Trinajstić information content (AvgIpc) is 2.86. The van der Waals surface area contributed by atoms with Crippen molar-refractivity contribution in [3.63, 3.8) is 0 Å². The fraction of sp³-hybridized carbons (Fsp3) is 0.429. The third-order valence-corrected chi connectivity index (χ3v) is 7.45. The van der Waals surface area contributed by atoms with Crippen molar-refractivity contribution in [1.82, 2.24) is 9.88 Å². The van der Waals surface area contributed by atoms with Crippen LogP contribution in [0.3, 0.4) is 0 Å². The van der Waals surface area contributed by atoms with Crippen LogP contribution in [-0.2, 0) is 22.4 Å². The second kappa shape index (κ2) is 9.60. The molecule has 0 aliphatic carbocycles. The summed E-state index contributed by atoms with van der Waals surface area (Å²) in [5.41, 5.74) is 2.96. The maximum absolute atomic E-state index is 13.7. The summed E-state index contributed by atoms with van der Waals surface area (Å²) in [4.78, 5) is 20.2. The Morgan fingerprint density at radius 1 is 1.03 bits per heavy atom. The molecule has 2 saturated heterocycles. The first-order valence-electron chi connectivity index (χ1n) is 12.1. The van der Waals surface area contributed by atoms with E-state index in [0.717, 1.165) is 56.3 Å². The predicted octanol–water partition coefficient (Wildman–Crippen LogP) is 5.19. The van der Waals surface area contributed by atoms with Gasteiger partial charge in [-0.2, -0.15) is 0 Å². The number of hydrogen-bond donors (Lipinski definition) is 0. The summed E-state index contributed by atoms with van der Waals surface area (Å²) in [6, 6.07) is 17.2. The number of fused-ring (bicyclic) bond motifs is 1. The van der Waals surface area contributed by atoms with Gasteiger partial charge in [-0.25, -0.2) is 4.39 Å². The van der Waals surface area contributed by atoms with Crippen molar-refractivity contribution in [2.24, 2.45) is 11.3 Å². The van der Waals surface area contributed by atoms with Crippen LogP contribution < -0.4 is 0 Å². The number of pyridine rings is 1. The van der Waals surface area contributed by atoms with E-state index in [2.05, 4.69) is 34.1 Å². The Balaban J connectivity index is 1.23. The van der Waals surface area contributed by atoms with E-state index in [-0.39, 0.29) is 11.7 Å². The summed E-state index contributed by atoms with van der Waals surface area (Å²) in [5.74, 6) is 0.604. The Kier molecular flexibility index (Phi) is 6.41. The zero-order chi connectivity index (χ0) is 22.7. The third kappa shape index (κ3) is 4.93. The van der Waals surface area contributed by atoms with Crippen LogP contribution in [0.4, 0.5) is 4.39 Å². The number of halogens is 1. The number of nitrogens with zero attached hydrogens (tertiary/aromatic N) is 2. The molecule has 5 heteroatoms. The number of benzene rings is 2. The van der Waals surface area contributed by atoms with Gasteiger partial charge in [0.05, 0.1) is 10.9 Å². The molecule has 4 nitrogen and oxygen atoms in total. The van der Waals surface area contributed by atoms with E-state index in [0.29, 0.717) is 25.6 Å². The molecule has 3 aromatic rings. The average molecular weight is 447 g/mol. The fourth-order valence-corrected chi connectivity index (χ4v) is 5.48. The van der Waals surface area contributed by atoms with E-state index >= 15 is 0 Å². The van der Waals surface area contributed by atoms with Gasteiger partial charge in [0.1, 0.15) is 5.82 Å². The summed E-state index contributed by atoms with van der Waals surface area (Å²) in [6.07, 6.45) is 7.04. The van der Waals surface area contributed by atoms with Crippen LogP contribution in [-0.4, -0.2) is 42.1 Å². The summed E-state index contributed by atoms with van der Waals surface area (Å²) >= 11 is 0. The third-order valence-electron chi connectivity index (χ3n) is 7.45. The van der Waals surface area contributed by atoms with Crippen molar-refractivity contribution in [2.75, 3.05) is 26.3 Å². The number of aromatic nitrogens is 1. The SMILES string of the molecule is O=C(N1CCC(Cc2ccc3ncccc3c2)CC1)C1(Cc2ccc(F)cc2)CCOCC1. The van der Waals surface area contributed by atoms with Crippen molar-refractivity contribution in [2.45, 2.75) is 38.5 Å². The summed E-state index contributed by atoms with van der Waals surface area (Å²) in [6.45, 7) is 2.84. The Morgan fingerprint density at radius 2 is 1.76 bits per heavy atom. The van der Waals surface area contributed by atoms with Gasteiger partial charge in [-0.05, 0) is 85.9 Å². The summed E-state index contributed by atoms with van der Waals surface area (Å²) in [5, 5.41) is 1.19. The minimum absolute atomic E-state index is 0.240. The van der Waals surface area contributed by atoms with Gasteiger partial charge < -0.3 is 9.64 Å². The first-order valence-corrected chi connectivity index (χ1v) is 12.1. The maximum Gasteiger partial charge on any atom is 0.229 e. The number of rotatable bonds is 5. The minimum atomic E-state index is -0.436. The lowest BCUT2D eigenvalue weighted by Gasteiger charge is -2.42. The Labute approximate surface area is 194 Å². The van der Waals surface area contributed by atoms with Gasteiger partial charge in [-0.1, -0.05) is 24.3 Å². The van der Waals surface area contributed by atoms with Gasteiger partial charge in [0.2, 0.25) is 5.91 Å². The first-order chi connectivity index (χ1) is 16.1. The van der Waals surface area contributed by atoms with Gasteiger partial charge in [0, 0.05) is 37.9 Å². The number of likely N-dealkylation sites (tertiary alicyclic amines) is 1. The molecule has 33 heavy (non-hydrogen) atoms. The van der Waals surface area contributed by atoms with Crippen molar-refractivity contribution < 1.29 is 13.9 Å². The van der Waals surface area contributed by atoms with Gasteiger partial charge >= 0.3 is 0 Å². The van der Waals surface area contributed by atoms with Crippen molar-refractivity contribution >= 4 is 16.8 Å². The summed E-state index contributed by atoms with van der Waals surface area (Å²) in [7, 11) is 0. The highest BCUT2D eigenvalue weighted by atomic mass is 19.1.